The first-order valence-electron chi connectivity index (χ1n) is 16.9. The monoisotopic (exact) mass is 702 g/mol. The van der Waals surface area contributed by atoms with Gasteiger partial charge in [-0.15, -0.1) is 0 Å². The van der Waals surface area contributed by atoms with Crippen LogP contribution in [0.15, 0.2) is 45.3 Å². The maximum absolute atomic E-state index is 4.21. The van der Waals surface area contributed by atoms with Crippen LogP contribution in [0.25, 0.3) is 11.1 Å². The van der Waals surface area contributed by atoms with E-state index in [1.54, 1.807) is 21.7 Å². The zero-order chi connectivity index (χ0) is 27.3. The Bertz CT molecular complexity index is 968. The van der Waals surface area contributed by atoms with Crippen LogP contribution in [0, 0.1) is 0 Å². The number of hydrogen-bond acceptors (Lipinski definition) is 0. The van der Waals surface area contributed by atoms with E-state index in [2.05, 4.69) is 68.3 Å². The van der Waals surface area contributed by atoms with Crippen LogP contribution in [0.1, 0.15) is 128 Å². The summed E-state index contributed by atoms with van der Waals surface area (Å²) in [4.78, 5) is 0. The van der Waals surface area contributed by atoms with Crippen molar-refractivity contribution < 1.29 is 0 Å². The largest absolute Gasteiger partial charge is 0.0682 e. The summed E-state index contributed by atoms with van der Waals surface area (Å²) in [6.07, 6.45) is 29.2. The lowest BCUT2D eigenvalue weighted by molar-refractivity contribution is 0.487. The minimum Gasteiger partial charge on any atom is -0.0682 e. The summed E-state index contributed by atoms with van der Waals surface area (Å²) in [6, 6.07) is 14.7. The molecule has 4 saturated carbocycles. The molecule has 2 aromatic rings. The van der Waals surface area contributed by atoms with E-state index < -0.39 is 0 Å². The molecule has 4 heteroatoms. The Balaban J connectivity index is 1.49. The van der Waals surface area contributed by atoms with Crippen LogP contribution < -0.4 is 10.6 Å². The van der Waals surface area contributed by atoms with Crippen molar-refractivity contribution in [3.63, 3.8) is 0 Å². The highest BCUT2D eigenvalue weighted by molar-refractivity contribution is 9.11. The second-order valence-corrected chi connectivity index (χ2v) is 20.5. The van der Waals surface area contributed by atoms with Crippen molar-refractivity contribution in [1.82, 2.24) is 0 Å². The van der Waals surface area contributed by atoms with Crippen LogP contribution in [-0.4, -0.2) is 22.6 Å². The van der Waals surface area contributed by atoms with Crippen molar-refractivity contribution in [2.75, 3.05) is 0 Å². The molecule has 0 unspecified atom stereocenters. The third kappa shape index (κ3) is 6.82. The second kappa shape index (κ2) is 14.8. The number of halogens is 2. The zero-order valence-corrected chi connectivity index (χ0v) is 29.5. The van der Waals surface area contributed by atoms with E-state index in [4.69, 9.17) is 0 Å². The Morgan fingerprint density at radius 3 is 0.950 bits per heavy atom. The zero-order valence-electron chi connectivity index (χ0n) is 24.6. The van der Waals surface area contributed by atoms with Crippen molar-refractivity contribution in [3.8, 4) is 11.1 Å². The van der Waals surface area contributed by atoms with Gasteiger partial charge >= 0.3 is 0 Å². The van der Waals surface area contributed by atoms with E-state index >= 15 is 0 Å². The highest BCUT2D eigenvalue weighted by atomic mass is 79.9. The molecule has 0 aliphatic heterocycles. The molecule has 0 saturated heterocycles. The minimum absolute atomic E-state index is 0.169. The van der Waals surface area contributed by atoms with Gasteiger partial charge in [0.15, 0.2) is 0 Å². The summed E-state index contributed by atoms with van der Waals surface area (Å²) >= 11 is 8.41. The normalized spacial score (nSPS) is 22.8. The molecule has 2 aromatic carbocycles. The van der Waals surface area contributed by atoms with Gasteiger partial charge in [0, 0.05) is 20.1 Å². The third-order valence-corrected chi connectivity index (χ3v) is 19.1. The van der Waals surface area contributed by atoms with Gasteiger partial charge in [0.1, 0.15) is 0 Å². The average Bonchev–Trinajstić information content (AvgIpc) is 3.01. The van der Waals surface area contributed by atoms with Gasteiger partial charge in [-0.2, -0.15) is 0 Å². The molecule has 0 bridgehead atoms. The average molecular weight is 705 g/mol. The van der Waals surface area contributed by atoms with Crippen molar-refractivity contribution in [3.05, 3.63) is 45.3 Å². The standard InChI is InChI=1S/C36H50Br2P2/c37-31-23-13-25-33(39(27-15-5-1-6-16-27)28-17-7-2-8-18-28)35(31)36-32(38)24-14-26-34(36)40(29-19-9-3-10-20-29)30-21-11-4-12-22-30/h13-14,23-30H,1-12,15-22H2. The molecule has 0 N–H and O–H groups in total. The predicted molar refractivity (Wildman–Crippen MR) is 188 cm³/mol. The summed E-state index contributed by atoms with van der Waals surface area (Å²) in [5, 5.41) is 3.50. The topological polar surface area (TPSA) is 0 Å². The first-order chi connectivity index (χ1) is 19.7. The number of rotatable bonds is 7. The molecule has 0 heterocycles. The molecular weight excluding hydrogens is 654 g/mol. The van der Waals surface area contributed by atoms with E-state index in [1.807, 2.05) is 0 Å². The van der Waals surface area contributed by atoms with Crippen LogP contribution in [0.5, 0.6) is 0 Å². The maximum atomic E-state index is 4.21. The Kier molecular flexibility index (Phi) is 11.2. The summed E-state index contributed by atoms with van der Waals surface area (Å²) in [6.45, 7) is 0. The fourth-order valence-electron chi connectivity index (χ4n) is 8.77. The molecule has 4 aliphatic carbocycles. The predicted octanol–water partition coefficient (Wildman–Crippen LogP) is 12.4. The van der Waals surface area contributed by atoms with Gasteiger partial charge < -0.3 is 0 Å². The van der Waals surface area contributed by atoms with Gasteiger partial charge in [-0.3, -0.25) is 0 Å². The lowest BCUT2D eigenvalue weighted by atomic mass is 9.99. The second-order valence-electron chi connectivity index (χ2n) is 13.2. The molecule has 0 radical (unpaired) electrons. The van der Waals surface area contributed by atoms with Crippen LogP contribution in [0.4, 0.5) is 0 Å². The van der Waals surface area contributed by atoms with E-state index in [-0.39, 0.29) is 15.8 Å². The van der Waals surface area contributed by atoms with Crippen LogP contribution in [-0.2, 0) is 0 Å². The smallest absolute Gasteiger partial charge is 0.0260 e. The molecule has 0 atom stereocenters. The fourth-order valence-corrected chi connectivity index (χ4v) is 18.2. The lowest BCUT2D eigenvalue weighted by Crippen LogP contribution is -2.30. The fraction of sp³-hybridized carbons (Fsp3) is 0.667. The summed E-state index contributed by atoms with van der Waals surface area (Å²) in [5.74, 6) is 0. The first kappa shape index (κ1) is 30.3. The summed E-state index contributed by atoms with van der Waals surface area (Å²) in [7, 11) is -0.339. The van der Waals surface area contributed by atoms with Crippen molar-refractivity contribution in [2.24, 2.45) is 0 Å². The molecule has 4 fully saturated rings. The van der Waals surface area contributed by atoms with Crippen LogP contribution >= 0.6 is 47.7 Å². The molecule has 40 heavy (non-hydrogen) atoms. The van der Waals surface area contributed by atoms with Crippen molar-refractivity contribution >= 4 is 58.3 Å². The molecule has 0 aromatic heterocycles. The molecule has 218 valence electrons. The van der Waals surface area contributed by atoms with E-state index in [9.17, 15) is 0 Å². The van der Waals surface area contributed by atoms with Crippen molar-refractivity contribution in [1.29, 1.82) is 0 Å². The minimum atomic E-state index is -0.169. The molecule has 0 amide bonds. The Labute approximate surface area is 264 Å². The molecule has 0 spiro atoms. The Hall–Kier alpha value is 0.260. The maximum Gasteiger partial charge on any atom is 0.0260 e. The van der Waals surface area contributed by atoms with Crippen LogP contribution in [0.2, 0.25) is 0 Å². The quantitative estimate of drug-likeness (QED) is 0.252. The number of hydrogen-bond donors (Lipinski definition) is 0. The summed E-state index contributed by atoms with van der Waals surface area (Å²) < 4.78 is 2.69. The van der Waals surface area contributed by atoms with Gasteiger partial charge in [0.05, 0.1) is 0 Å². The SMILES string of the molecule is Brc1cccc(P(C2CCCCC2)C2CCCCC2)c1-c1c(Br)cccc1P(C1CCCCC1)C1CCCCC1. The highest BCUT2D eigenvalue weighted by Crippen LogP contribution is 2.60. The Morgan fingerprint density at radius 2 is 0.675 bits per heavy atom. The molecular formula is C36H50Br2P2. The van der Waals surface area contributed by atoms with Gasteiger partial charge in [-0.05, 0) is 96.7 Å². The lowest BCUT2D eigenvalue weighted by Gasteiger charge is -2.41. The first-order valence-corrected chi connectivity index (χ1v) is 21.4. The van der Waals surface area contributed by atoms with E-state index in [0.717, 1.165) is 22.6 Å². The highest BCUT2D eigenvalue weighted by Gasteiger charge is 2.37. The Morgan fingerprint density at radius 1 is 0.400 bits per heavy atom. The van der Waals surface area contributed by atoms with Gasteiger partial charge in [0.25, 0.3) is 0 Å². The van der Waals surface area contributed by atoms with E-state index in [0.29, 0.717) is 0 Å². The number of benzene rings is 2. The van der Waals surface area contributed by atoms with E-state index in [1.165, 1.54) is 137 Å². The molecule has 0 nitrogen and oxygen atoms in total. The van der Waals surface area contributed by atoms with Gasteiger partial charge in [-0.25, -0.2) is 0 Å². The van der Waals surface area contributed by atoms with Gasteiger partial charge in [-0.1, -0.05) is 149 Å². The summed E-state index contributed by atoms with van der Waals surface area (Å²) in [5.41, 5.74) is 6.86. The molecule has 4 aliphatic rings. The van der Waals surface area contributed by atoms with Crippen LogP contribution in [0.3, 0.4) is 0 Å². The van der Waals surface area contributed by atoms with Crippen molar-refractivity contribution in [2.45, 2.75) is 151 Å². The van der Waals surface area contributed by atoms with Gasteiger partial charge in [0.2, 0.25) is 0 Å². The third-order valence-electron chi connectivity index (χ3n) is 10.7. The molecule has 6 rings (SSSR count).